The molecule has 1 heterocycles. The van der Waals surface area contributed by atoms with Gasteiger partial charge in [0.1, 0.15) is 5.60 Å². The van der Waals surface area contributed by atoms with E-state index in [4.69, 9.17) is 14.0 Å². The summed E-state index contributed by atoms with van der Waals surface area (Å²) in [6.45, 7) is 13.2. The Morgan fingerprint density at radius 1 is 1.14 bits per heavy atom. The molecule has 118 valence electrons. The second-order valence-electron chi connectivity index (χ2n) is 6.49. The summed E-state index contributed by atoms with van der Waals surface area (Å²) in [4.78, 5) is 12.2. The maximum atomic E-state index is 12.2. The van der Waals surface area contributed by atoms with Crippen LogP contribution in [-0.4, -0.2) is 35.6 Å². The van der Waals surface area contributed by atoms with Crippen LogP contribution in [0.2, 0.25) is 0 Å². The van der Waals surface area contributed by atoms with Gasteiger partial charge in [0.25, 0.3) is 0 Å². The molecule has 0 N–H and O–H groups in total. The summed E-state index contributed by atoms with van der Waals surface area (Å²) >= 11 is 0. The summed E-state index contributed by atoms with van der Waals surface area (Å²) in [5, 5.41) is 0. The van der Waals surface area contributed by atoms with Gasteiger partial charge in [-0.05, 0) is 60.6 Å². The molecule has 0 atom stereocenters. The zero-order valence-electron chi connectivity index (χ0n) is 14.0. The number of carbonyl (C=O) groups excluding carboxylic acids is 1. The normalized spacial score (nSPS) is 12.0. The molecule has 0 aliphatic carbocycles. The third-order valence-corrected chi connectivity index (χ3v) is 2.40. The monoisotopic (exact) mass is 295 g/mol. The van der Waals surface area contributed by atoms with Crippen LogP contribution in [0.3, 0.4) is 0 Å². The lowest BCUT2D eigenvalue weighted by atomic mass is 9.83. The van der Waals surface area contributed by atoms with Crippen LogP contribution < -0.4 is 5.59 Å². The summed E-state index contributed by atoms with van der Waals surface area (Å²) < 4.78 is 18.4. The van der Waals surface area contributed by atoms with E-state index in [9.17, 15) is 4.79 Å². The van der Waals surface area contributed by atoms with E-state index in [1.807, 2.05) is 48.5 Å². The van der Waals surface area contributed by atoms with Crippen molar-refractivity contribution < 1.29 is 18.8 Å². The predicted octanol–water partition coefficient (Wildman–Crippen LogP) is 2.82. The summed E-state index contributed by atoms with van der Waals surface area (Å²) in [6.07, 6.45) is 1.18. The fraction of sp³-hybridized carbons (Fsp3) is 0.667. The van der Waals surface area contributed by atoms with Crippen molar-refractivity contribution in [3.8, 4) is 0 Å². The van der Waals surface area contributed by atoms with Crippen molar-refractivity contribution in [1.29, 1.82) is 0 Å². The van der Waals surface area contributed by atoms with Crippen LogP contribution >= 0.6 is 0 Å². The Balaban J connectivity index is 3.00. The highest BCUT2D eigenvalue weighted by Crippen LogP contribution is 2.10. The van der Waals surface area contributed by atoms with Gasteiger partial charge < -0.3 is 14.0 Å². The van der Waals surface area contributed by atoms with Gasteiger partial charge in [-0.25, -0.2) is 4.79 Å². The molecule has 0 aliphatic rings. The van der Waals surface area contributed by atoms with E-state index in [0.29, 0.717) is 5.59 Å². The predicted molar refractivity (Wildman–Crippen MR) is 83.9 cm³/mol. The molecule has 0 radical (unpaired) electrons. The maximum absolute atomic E-state index is 12.2. The van der Waals surface area contributed by atoms with Gasteiger partial charge in [0.2, 0.25) is 0 Å². The Morgan fingerprint density at radius 2 is 1.67 bits per heavy atom. The van der Waals surface area contributed by atoms with E-state index in [1.54, 1.807) is 18.3 Å². The van der Waals surface area contributed by atoms with Crippen molar-refractivity contribution in [3.05, 3.63) is 18.3 Å². The molecule has 0 bridgehead atoms. The zero-order chi connectivity index (χ0) is 16.2. The molecule has 0 fully saturated rings. The van der Waals surface area contributed by atoms with Crippen molar-refractivity contribution in [2.24, 2.45) is 0 Å². The van der Waals surface area contributed by atoms with E-state index in [0.717, 1.165) is 0 Å². The fourth-order valence-corrected chi connectivity index (χ4v) is 1.73. The van der Waals surface area contributed by atoms with Crippen molar-refractivity contribution in [3.63, 3.8) is 0 Å². The molecule has 0 spiro atoms. The fourth-order valence-electron chi connectivity index (χ4n) is 1.73. The first-order valence-electron chi connectivity index (χ1n) is 7.31. The number of carbonyl (C=O) groups is 1. The molecule has 0 unspecified atom stereocenters. The van der Waals surface area contributed by atoms with Gasteiger partial charge in [-0.15, -0.1) is 0 Å². The van der Waals surface area contributed by atoms with Crippen LogP contribution in [0.5, 0.6) is 0 Å². The molecule has 21 heavy (non-hydrogen) atoms. The van der Waals surface area contributed by atoms with Crippen molar-refractivity contribution >= 4 is 18.8 Å². The lowest BCUT2D eigenvalue weighted by molar-refractivity contribution is 0.0537. The second kappa shape index (κ2) is 7.14. The Labute approximate surface area is 127 Å². The van der Waals surface area contributed by atoms with Gasteiger partial charge in [0, 0.05) is 18.4 Å². The van der Waals surface area contributed by atoms with E-state index in [-0.39, 0.29) is 12.2 Å². The molecule has 0 amide bonds. The van der Waals surface area contributed by atoms with E-state index in [1.165, 1.54) is 4.57 Å². The molecule has 0 aliphatic heterocycles. The van der Waals surface area contributed by atoms with Crippen molar-refractivity contribution in [1.82, 2.24) is 4.57 Å². The van der Waals surface area contributed by atoms with Gasteiger partial charge in [-0.1, -0.05) is 0 Å². The summed E-state index contributed by atoms with van der Waals surface area (Å²) in [5.41, 5.74) is 0.0815. The molecule has 0 saturated heterocycles. The first-order valence-corrected chi connectivity index (χ1v) is 7.31. The molecule has 1 aromatic rings. The molecule has 1 aromatic heterocycles. The van der Waals surface area contributed by atoms with E-state index >= 15 is 0 Å². The molecular formula is C15H26BNO4. The topological polar surface area (TPSA) is 49.7 Å². The summed E-state index contributed by atoms with van der Waals surface area (Å²) in [5.74, 6) is 0. The third-order valence-electron chi connectivity index (χ3n) is 2.40. The van der Waals surface area contributed by atoms with Crippen LogP contribution in [0, 0.1) is 0 Å². The molecule has 0 saturated carbocycles. The van der Waals surface area contributed by atoms with Gasteiger partial charge in [0.15, 0.2) is 0 Å². The van der Waals surface area contributed by atoms with E-state index < -0.39 is 18.8 Å². The minimum absolute atomic E-state index is 0.0178. The molecular weight excluding hydrogens is 269 g/mol. The van der Waals surface area contributed by atoms with Gasteiger partial charge in [0.05, 0.1) is 5.59 Å². The highest BCUT2D eigenvalue weighted by atomic mass is 16.6. The van der Waals surface area contributed by atoms with Gasteiger partial charge in [-0.3, -0.25) is 4.57 Å². The minimum Gasteiger partial charge on any atom is -0.443 e. The van der Waals surface area contributed by atoms with Crippen LogP contribution in [0.25, 0.3) is 0 Å². The Hall–Kier alpha value is -1.27. The number of aromatic nitrogens is 1. The Bertz CT molecular complexity index is 452. The average molecular weight is 295 g/mol. The highest BCUT2D eigenvalue weighted by Gasteiger charge is 2.30. The summed E-state index contributed by atoms with van der Waals surface area (Å²) in [6, 6.07) is 3.58. The summed E-state index contributed by atoms with van der Waals surface area (Å²) in [7, 11) is -0.604. The zero-order valence-corrected chi connectivity index (χ0v) is 14.0. The Kier molecular flexibility index (Phi) is 6.04. The minimum atomic E-state index is -0.604. The Morgan fingerprint density at radius 3 is 2.10 bits per heavy atom. The first kappa shape index (κ1) is 17.8. The van der Waals surface area contributed by atoms with Crippen LogP contribution in [0.1, 0.15) is 48.5 Å². The van der Waals surface area contributed by atoms with E-state index in [2.05, 4.69) is 0 Å². The number of ether oxygens (including phenoxy) is 1. The van der Waals surface area contributed by atoms with Gasteiger partial charge >= 0.3 is 13.2 Å². The molecule has 6 heteroatoms. The lowest BCUT2D eigenvalue weighted by Gasteiger charge is -2.23. The maximum Gasteiger partial charge on any atom is 0.512 e. The number of nitrogens with zero attached hydrogens (tertiary/aromatic N) is 1. The highest BCUT2D eigenvalue weighted by molar-refractivity contribution is 6.61. The molecule has 5 nitrogen and oxygen atoms in total. The number of hydrogen-bond donors (Lipinski definition) is 0. The van der Waals surface area contributed by atoms with Gasteiger partial charge in [-0.2, -0.15) is 0 Å². The SMILES string of the molecule is CC(C)OB(OC(C)C)c1cccn1C(=O)OC(C)(C)C. The average Bonchev–Trinajstić information content (AvgIpc) is 2.72. The standard InChI is InChI=1S/C15H26BNO4/c1-11(2)20-16(21-12(3)4)13-9-8-10-17(13)14(18)19-15(5,6)7/h8-12H,1-7H3. The first-order chi connectivity index (χ1) is 9.60. The second-order valence-corrected chi connectivity index (χ2v) is 6.49. The van der Waals surface area contributed by atoms with Crippen LogP contribution in [0.4, 0.5) is 4.79 Å². The van der Waals surface area contributed by atoms with Crippen LogP contribution in [-0.2, 0) is 14.0 Å². The van der Waals surface area contributed by atoms with Crippen molar-refractivity contribution in [2.45, 2.75) is 66.3 Å². The molecule has 0 aromatic carbocycles. The number of rotatable bonds is 5. The molecule has 1 rings (SSSR count). The number of hydrogen-bond acceptors (Lipinski definition) is 4. The van der Waals surface area contributed by atoms with Crippen LogP contribution in [0.15, 0.2) is 18.3 Å². The lowest BCUT2D eigenvalue weighted by Crippen LogP contribution is -2.46. The van der Waals surface area contributed by atoms with Crippen molar-refractivity contribution in [2.75, 3.05) is 0 Å². The third kappa shape index (κ3) is 5.93. The largest absolute Gasteiger partial charge is 0.512 e. The quantitative estimate of drug-likeness (QED) is 0.784. The smallest absolute Gasteiger partial charge is 0.443 e.